The molecule has 1 heterocycles. The second kappa shape index (κ2) is 9.86. The van der Waals surface area contributed by atoms with Crippen molar-refractivity contribution in [1.29, 1.82) is 0 Å². The Balaban J connectivity index is 1.25. The van der Waals surface area contributed by atoms with Crippen LogP contribution in [-0.2, 0) is 22.7 Å². The molecule has 0 aromatic heterocycles. The number of nitrogens with one attached hydrogen (secondary N) is 2. The van der Waals surface area contributed by atoms with Crippen molar-refractivity contribution in [1.82, 2.24) is 20.4 Å². The van der Waals surface area contributed by atoms with Crippen LogP contribution in [0.3, 0.4) is 0 Å². The van der Waals surface area contributed by atoms with Gasteiger partial charge in [0.2, 0.25) is 11.8 Å². The first-order chi connectivity index (χ1) is 15.5. The first-order valence-corrected chi connectivity index (χ1v) is 11.8. The molecule has 2 bridgehead atoms. The molecule has 4 atom stereocenters. The molecule has 1 aromatic carbocycles. The first-order valence-electron chi connectivity index (χ1n) is 11.8. The first kappa shape index (κ1) is 22.5. The van der Waals surface area contributed by atoms with Crippen LogP contribution in [0, 0.1) is 23.7 Å². The fourth-order valence-electron chi connectivity index (χ4n) is 5.42. The van der Waals surface area contributed by atoms with E-state index in [-0.39, 0.29) is 35.5 Å². The van der Waals surface area contributed by atoms with Crippen LogP contribution in [0.1, 0.15) is 31.4 Å². The Bertz CT molecular complexity index is 877. The van der Waals surface area contributed by atoms with Gasteiger partial charge in [0.05, 0.1) is 11.8 Å². The van der Waals surface area contributed by atoms with E-state index in [0.29, 0.717) is 25.6 Å². The Morgan fingerprint density at radius 3 is 2.34 bits per heavy atom. The summed E-state index contributed by atoms with van der Waals surface area (Å²) in [6, 6.07) is 8.58. The molecule has 0 spiro atoms. The molecule has 1 aliphatic heterocycles. The molecule has 4 rings (SSSR count). The molecule has 2 aliphatic carbocycles. The number of fused-ring (bicyclic) bond motifs is 5. The zero-order chi connectivity index (χ0) is 22.7. The number of likely N-dealkylation sites (tertiary alicyclic amines) is 1. The van der Waals surface area contributed by atoms with Gasteiger partial charge >= 0.3 is 0 Å². The Morgan fingerprint density at radius 1 is 1.06 bits per heavy atom. The molecule has 32 heavy (non-hydrogen) atoms. The number of benzene rings is 1. The maximum Gasteiger partial charge on any atom is 0.233 e. The van der Waals surface area contributed by atoms with Gasteiger partial charge in [0.25, 0.3) is 0 Å². The van der Waals surface area contributed by atoms with Gasteiger partial charge in [0, 0.05) is 33.2 Å². The van der Waals surface area contributed by atoms with Gasteiger partial charge in [-0.15, -0.1) is 0 Å². The summed E-state index contributed by atoms with van der Waals surface area (Å²) in [4.78, 5) is 33.7. The lowest BCUT2D eigenvalue weighted by molar-refractivity contribution is -0.140. The van der Waals surface area contributed by atoms with E-state index in [1.54, 1.807) is 7.05 Å². The highest BCUT2D eigenvalue weighted by Gasteiger charge is 2.58. The second-order valence-electron chi connectivity index (χ2n) is 8.96. The van der Waals surface area contributed by atoms with Gasteiger partial charge in [-0.1, -0.05) is 50.3 Å². The molecule has 4 unspecified atom stereocenters. The summed E-state index contributed by atoms with van der Waals surface area (Å²) in [5.74, 6) is 0.938. The van der Waals surface area contributed by atoms with Gasteiger partial charge < -0.3 is 10.6 Å². The van der Waals surface area contributed by atoms with Crippen LogP contribution in [0.15, 0.2) is 41.4 Å². The number of carbonyl (C=O) groups excluding carboxylic acids is 2. The summed E-state index contributed by atoms with van der Waals surface area (Å²) >= 11 is 0. The van der Waals surface area contributed by atoms with Crippen LogP contribution >= 0.6 is 0 Å². The monoisotopic (exact) mass is 437 g/mol. The predicted molar refractivity (Wildman–Crippen MR) is 126 cm³/mol. The Kier molecular flexibility index (Phi) is 6.94. The van der Waals surface area contributed by atoms with E-state index in [0.717, 1.165) is 26.1 Å². The quantitative estimate of drug-likeness (QED) is 0.267. The summed E-state index contributed by atoms with van der Waals surface area (Å²) in [6.07, 6.45) is 5.22. The van der Waals surface area contributed by atoms with Crippen molar-refractivity contribution in [3.8, 4) is 0 Å². The van der Waals surface area contributed by atoms with Gasteiger partial charge in [0.15, 0.2) is 5.96 Å². The number of carbonyl (C=O) groups is 2. The van der Waals surface area contributed by atoms with Crippen LogP contribution in [0.2, 0.25) is 0 Å². The normalized spacial score (nSPS) is 26.4. The predicted octanol–water partition coefficient (Wildman–Crippen LogP) is 2.00. The molecule has 2 fully saturated rings. The number of nitrogens with zero attached hydrogens (tertiary/aromatic N) is 3. The number of amides is 2. The van der Waals surface area contributed by atoms with Crippen molar-refractivity contribution in [2.24, 2.45) is 28.7 Å². The van der Waals surface area contributed by atoms with E-state index >= 15 is 0 Å². The minimum absolute atomic E-state index is 0.00612. The molecule has 1 saturated carbocycles. The third kappa shape index (κ3) is 4.44. The molecule has 7 nitrogen and oxygen atoms in total. The average Bonchev–Trinajstić information content (AvgIpc) is 3.49. The lowest BCUT2D eigenvalue weighted by Crippen LogP contribution is -2.43. The minimum atomic E-state index is -0.126. The Labute approximate surface area is 190 Å². The zero-order valence-electron chi connectivity index (χ0n) is 19.4. The fraction of sp³-hybridized carbons (Fsp3) is 0.560. The van der Waals surface area contributed by atoms with Crippen LogP contribution in [0.4, 0.5) is 0 Å². The molecular formula is C25H35N5O2. The standard InChI is InChI=1S/C25H35N5O2/c1-4-29(5-2)16-18-8-6-7-17(13-18)15-28-25(26-3)27-11-12-30-23(31)21-19-9-10-20(14-19)22(21)24(30)32/h6-10,13,19-22H,4-5,11-12,14-16H2,1-3H3,(H2,26,27,28). The Morgan fingerprint density at radius 2 is 1.72 bits per heavy atom. The number of hydrogen-bond acceptors (Lipinski definition) is 4. The molecule has 7 heteroatoms. The third-order valence-electron chi connectivity index (χ3n) is 7.17. The van der Waals surface area contributed by atoms with Gasteiger partial charge in [0.1, 0.15) is 0 Å². The lowest BCUT2D eigenvalue weighted by Gasteiger charge is -2.19. The Hall–Kier alpha value is -2.67. The van der Waals surface area contributed by atoms with Crippen LogP contribution in [0.5, 0.6) is 0 Å². The molecule has 1 saturated heterocycles. The van der Waals surface area contributed by atoms with Crippen LogP contribution in [-0.4, -0.2) is 60.8 Å². The van der Waals surface area contributed by atoms with Crippen molar-refractivity contribution in [2.45, 2.75) is 33.4 Å². The third-order valence-corrected chi connectivity index (χ3v) is 7.17. The van der Waals surface area contributed by atoms with Crippen LogP contribution in [0.25, 0.3) is 0 Å². The highest BCUT2D eigenvalue weighted by Crippen LogP contribution is 2.52. The van der Waals surface area contributed by atoms with Crippen molar-refractivity contribution in [3.05, 3.63) is 47.5 Å². The minimum Gasteiger partial charge on any atom is -0.355 e. The van der Waals surface area contributed by atoms with Crippen molar-refractivity contribution < 1.29 is 9.59 Å². The number of rotatable bonds is 9. The van der Waals surface area contributed by atoms with E-state index in [4.69, 9.17) is 0 Å². The summed E-state index contributed by atoms with van der Waals surface area (Å²) in [7, 11) is 1.73. The van der Waals surface area contributed by atoms with E-state index in [2.05, 4.69) is 70.8 Å². The van der Waals surface area contributed by atoms with Gasteiger partial charge in [-0.2, -0.15) is 0 Å². The van der Waals surface area contributed by atoms with Crippen molar-refractivity contribution >= 4 is 17.8 Å². The number of hydrogen-bond donors (Lipinski definition) is 2. The molecular weight excluding hydrogens is 402 g/mol. The maximum atomic E-state index is 12.8. The molecule has 2 amide bonds. The largest absolute Gasteiger partial charge is 0.355 e. The summed E-state index contributed by atoms with van der Waals surface area (Å²) in [5.41, 5.74) is 2.49. The van der Waals surface area contributed by atoms with Gasteiger partial charge in [-0.05, 0) is 42.5 Å². The van der Waals surface area contributed by atoms with E-state index < -0.39 is 0 Å². The van der Waals surface area contributed by atoms with Gasteiger partial charge in [-0.25, -0.2) is 0 Å². The summed E-state index contributed by atoms with van der Waals surface area (Å²) < 4.78 is 0. The summed E-state index contributed by atoms with van der Waals surface area (Å²) in [5, 5.41) is 6.58. The number of aliphatic imine (C=N–C) groups is 1. The average molecular weight is 438 g/mol. The smallest absolute Gasteiger partial charge is 0.233 e. The lowest BCUT2D eigenvalue weighted by atomic mass is 9.85. The van der Waals surface area contributed by atoms with E-state index in [9.17, 15) is 9.59 Å². The van der Waals surface area contributed by atoms with Crippen molar-refractivity contribution in [2.75, 3.05) is 33.2 Å². The summed E-state index contributed by atoms with van der Waals surface area (Å²) in [6.45, 7) is 8.92. The maximum absolute atomic E-state index is 12.8. The number of allylic oxidation sites excluding steroid dienone is 2. The molecule has 2 N–H and O–H groups in total. The highest BCUT2D eigenvalue weighted by molar-refractivity contribution is 6.06. The van der Waals surface area contributed by atoms with E-state index in [1.165, 1.54) is 16.0 Å². The second-order valence-corrected chi connectivity index (χ2v) is 8.96. The van der Waals surface area contributed by atoms with Gasteiger partial charge in [-0.3, -0.25) is 24.4 Å². The molecule has 1 aromatic rings. The molecule has 3 aliphatic rings. The fourth-order valence-corrected chi connectivity index (χ4v) is 5.42. The SMILES string of the molecule is CCN(CC)Cc1cccc(CNC(=NC)NCCN2C(=O)C3C4C=CC(C4)C3C2=O)c1. The van der Waals surface area contributed by atoms with Crippen molar-refractivity contribution in [3.63, 3.8) is 0 Å². The number of guanidine groups is 1. The molecule has 0 radical (unpaired) electrons. The topological polar surface area (TPSA) is 77.0 Å². The van der Waals surface area contributed by atoms with Crippen LogP contribution < -0.4 is 10.6 Å². The van der Waals surface area contributed by atoms with E-state index in [1.807, 2.05) is 0 Å². The zero-order valence-corrected chi connectivity index (χ0v) is 19.4. The number of imide groups is 1. The molecule has 172 valence electrons. The highest BCUT2D eigenvalue weighted by atomic mass is 16.2.